The highest BCUT2D eigenvalue weighted by molar-refractivity contribution is 5.87. The van der Waals surface area contributed by atoms with E-state index in [1.807, 2.05) is 19.9 Å². The molecule has 0 N–H and O–H groups in total. The zero-order valence-electron chi connectivity index (χ0n) is 23.3. The maximum Gasteiger partial charge on any atom is 0.333 e. The van der Waals surface area contributed by atoms with Gasteiger partial charge >= 0.3 is 5.97 Å². The first-order valence-electron chi connectivity index (χ1n) is 14.6. The van der Waals surface area contributed by atoms with Crippen LogP contribution in [0, 0.1) is 46.3 Å². The molecule has 192 valence electrons. The highest BCUT2D eigenvalue weighted by Crippen LogP contribution is 2.67. The van der Waals surface area contributed by atoms with E-state index in [0.29, 0.717) is 10.8 Å². The fourth-order valence-electron chi connectivity index (χ4n) is 9.11. The second kappa shape index (κ2) is 10.1. The Morgan fingerprint density at radius 1 is 1.09 bits per heavy atom. The van der Waals surface area contributed by atoms with Gasteiger partial charge in [-0.05, 0) is 105 Å². The van der Waals surface area contributed by atoms with Gasteiger partial charge < -0.3 is 4.74 Å². The highest BCUT2D eigenvalue weighted by atomic mass is 16.5. The Labute approximate surface area is 210 Å². The zero-order chi connectivity index (χ0) is 24.7. The number of carbonyl (C=O) groups is 1. The summed E-state index contributed by atoms with van der Waals surface area (Å²) in [4.78, 5) is 12.3. The summed E-state index contributed by atoms with van der Waals surface area (Å²) in [5, 5.41) is 0. The molecule has 0 aromatic heterocycles. The maximum absolute atomic E-state index is 12.3. The molecule has 0 bridgehead atoms. The van der Waals surface area contributed by atoms with Crippen LogP contribution in [-0.4, -0.2) is 12.1 Å². The van der Waals surface area contributed by atoms with Crippen LogP contribution in [0.25, 0.3) is 0 Å². The second-order valence-corrected chi connectivity index (χ2v) is 13.5. The average molecular weight is 469 g/mol. The molecule has 0 aliphatic heterocycles. The van der Waals surface area contributed by atoms with Gasteiger partial charge in [-0.3, -0.25) is 0 Å². The van der Waals surface area contributed by atoms with Crippen LogP contribution in [0.5, 0.6) is 0 Å². The maximum atomic E-state index is 12.3. The third kappa shape index (κ3) is 4.69. The van der Waals surface area contributed by atoms with E-state index in [2.05, 4.69) is 40.7 Å². The second-order valence-electron chi connectivity index (χ2n) is 13.5. The van der Waals surface area contributed by atoms with Gasteiger partial charge in [-0.15, -0.1) is 0 Å². The molecule has 0 unspecified atom stereocenters. The Morgan fingerprint density at radius 2 is 1.85 bits per heavy atom. The van der Waals surface area contributed by atoms with Crippen LogP contribution in [0.4, 0.5) is 0 Å². The predicted octanol–water partition coefficient (Wildman–Crippen LogP) is 8.91. The normalized spacial score (nSPS) is 40.8. The molecule has 3 fully saturated rings. The molecule has 3 saturated carbocycles. The molecule has 4 aliphatic rings. The van der Waals surface area contributed by atoms with Crippen LogP contribution in [-0.2, 0) is 9.53 Å². The first-order chi connectivity index (χ1) is 16.1. The minimum absolute atomic E-state index is 0.0645. The number of fused-ring (bicyclic) bond motifs is 5. The molecule has 4 aliphatic carbocycles. The number of esters is 1. The van der Waals surface area contributed by atoms with Crippen molar-refractivity contribution >= 4 is 5.97 Å². The van der Waals surface area contributed by atoms with Gasteiger partial charge in [0.1, 0.15) is 6.10 Å². The van der Waals surface area contributed by atoms with Crippen molar-refractivity contribution in [3.05, 3.63) is 23.3 Å². The van der Waals surface area contributed by atoms with Crippen LogP contribution in [0.2, 0.25) is 0 Å². The van der Waals surface area contributed by atoms with Crippen molar-refractivity contribution in [3.8, 4) is 0 Å². The Balaban J connectivity index is 1.44. The van der Waals surface area contributed by atoms with Gasteiger partial charge in [-0.2, -0.15) is 0 Å². The minimum Gasteiger partial charge on any atom is -0.459 e. The molecule has 0 radical (unpaired) electrons. The Hall–Kier alpha value is -1.05. The molecule has 0 saturated heterocycles. The van der Waals surface area contributed by atoms with Crippen LogP contribution in [0.1, 0.15) is 119 Å². The number of allylic oxidation sites excluding steroid dienone is 2. The Kier molecular flexibility index (Phi) is 7.76. The topological polar surface area (TPSA) is 26.3 Å². The fourth-order valence-corrected chi connectivity index (χ4v) is 9.11. The molecular weight excluding hydrogens is 416 g/mol. The summed E-state index contributed by atoms with van der Waals surface area (Å²) in [6.45, 7) is 16.3. The average Bonchev–Trinajstić information content (AvgIpc) is 3.15. The lowest BCUT2D eigenvalue weighted by Crippen LogP contribution is -2.51. The van der Waals surface area contributed by atoms with Gasteiger partial charge in [-0.1, -0.05) is 71.6 Å². The molecule has 0 spiro atoms. The lowest BCUT2D eigenvalue weighted by molar-refractivity contribution is -0.146. The van der Waals surface area contributed by atoms with Crippen molar-refractivity contribution in [2.45, 2.75) is 125 Å². The molecule has 0 amide bonds. The van der Waals surface area contributed by atoms with E-state index in [1.165, 1.54) is 57.8 Å². The van der Waals surface area contributed by atoms with E-state index in [0.717, 1.165) is 53.9 Å². The molecule has 2 nitrogen and oxygen atoms in total. The summed E-state index contributed by atoms with van der Waals surface area (Å²) < 4.78 is 5.90. The lowest BCUT2D eigenvalue weighted by Gasteiger charge is -2.58. The van der Waals surface area contributed by atoms with Gasteiger partial charge in [0.05, 0.1) is 0 Å². The van der Waals surface area contributed by atoms with Gasteiger partial charge in [0.15, 0.2) is 0 Å². The molecular formula is C32H52O2. The van der Waals surface area contributed by atoms with Crippen molar-refractivity contribution in [2.75, 3.05) is 0 Å². The monoisotopic (exact) mass is 468 g/mol. The summed E-state index contributed by atoms with van der Waals surface area (Å²) in [6, 6.07) is 0. The molecule has 34 heavy (non-hydrogen) atoms. The third-order valence-electron chi connectivity index (χ3n) is 11.3. The molecule has 0 aromatic rings. The van der Waals surface area contributed by atoms with Gasteiger partial charge in [0.25, 0.3) is 0 Å². The van der Waals surface area contributed by atoms with E-state index in [-0.39, 0.29) is 12.1 Å². The van der Waals surface area contributed by atoms with Crippen LogP contribution >= 0.6 is 0 Å². The summed E-state index contributed by atoms with van der Waals surface area (Å²) in [6.07, 6.45) is 18.9. The standard InChI is InChI=1S/C32H52O2/c1-8-22(4)30(33)34-25-16-18-31(6)24(20-25)12-13-26-28-15-14-27(23(5)11-9-10-21(2)3)32(28,7)19-17-29(26)31/h8,12,21,23,25-29H,9-11,13-20H2,1-7H3/b22-8+/t23-,25+,26-,27+,28+,29+,31-,32-/m0/s1. The zero-order valence-corrected chi connectivity index (χ0v) is 23.3. The van der Waals surface area contributed by atoms with Crippen molar-refractivity contribution in [2.24, 2.45) is 46.3 Å². The van der Waals surface area contributed by atoms with E-state index in [4.69, 9.17) is 4.74 Å². The molecule has 2 heteroatoms. The Bertz CT molecular complexity index is 806. The lowest BCUT2D eigenvalue weighted by atomic mass is 9.47. The van der Waals surface area contributed by atoms with Crippen molar-refractivity contribution in [1.82, 2.24) is 0 Å². The highest BCUT2D eigenvalue weighted by Gasteiger charge is 2.59. The van der Waals surface area contributed by atoms with E-state index in [9.17, 15) is 4.79 Å². The van der Waals surface area contributed by atoms with Crippen LogP contribution < -0.4 is 0 Å². The minimum atomic E-state index is -0.127. The molecule has 4 rings (SSSR count). The first kappa shape index (κ1) is 26.0. The van der Waals surface area contributed by atoms with Crippen molar-refractivity contribution in [3.63, 3.8) is 0 Å². The number of ether oxygens (including phenoxy) is 1. The largest absolute Gasteiger partial charge is 0.459 e. The smallest absolute Gasteiger partial charge is 0.333 e. The van der Waals surface area contributed by atoms with E-state index < -0.39 is 0 Å². The molecule has 8 atom stereocenters. The fraction of sp³-hybridized carbons (Fsp3) is 0.844. The third-order valence-corrected chi connectivity index (χ3v) is 11.3. The SMILES string of the molecule is C/C=C(\C)C(=O)O[C@@H]1CC[C@@]2(C)C(=CC[C@H]3[C@H]4CC[C@H]([C@@H](C)CCCC(C)C)[C@]4(C)CC[C@H]32)C1. The van der Waals surface area contributed by atoms with Crippen molar-refractivity contribution in [1.29, 1.82) is 0 Å². The van der Waals surface area contributed by atoms with Crippen LogP contribution in [0.3, 0.4) is 0 Å². The van der Waals surface area contributed by atoms with E-state index in [1.54, 1.807) is 5.57 Å². The van der Waals surface area contributed by atoms with Crippen molar-refractivity contribution < 1.29 is 9.53 Å². The summed E-state index contributed by atoms with van der Waals surface area (Å²) in [7, 11) is 0. The quantitative estimate of drug-likeness (QED) is 0.212. The summed E-state index contributed by atoms with van der Waals surface area (Å²) >= 11 is 0. The molecule has 0 heterocycles. The Morgan fingerprint density at radius 3 is 2.56 bits per heavy atom. The molecule has 0 aromatic carbocycles. The number of hydrogen-bond donors (Lipinski definition) is 0. The van der Waals surface area contributed by atoms with E-state index >= 15 is 0 Å². The predicted molar refractivity (Wildman–Crippen MR) is 142 cm³/mol. The number of carbonyl (C=O) groups excluding carboxylic acids is 1. The van der Waals surface area contributed by atoms with Crippen LogP contribution in [0.15, 0.2) is 23.3 Å². The first-order valence-corrected chi connectivity index (χ1v) is 14.6. The number of hydrogen-bond acceptors (Lipinski definition) is 2. The summed E-state index contributed by atoms with van der Waals surface area (Å²) in [5.41, 5.74) is 3.21. The van der Waals surface area contributed by atoms with Gasteiger partial charge in [0, 0.05) is 12.0 Å². The number of rotatable bonds is 7. The summed E-state index contributed by atoms with van der Waals surface area (Å²) in [5.74, 6) is 5.11. The van der Waals surface area contributed by atoms with Gasteiger partial charge in [0.2, 0.25) is 0 Å². The van der Waals surface area contributed by atoms with Gasteiger partial charge in [-0.25, -0.2) is 4.79 Å².